The number of benzene rings is 1. The molecule has 3 aromatic rings. The van der Waals surface area contributed by atoms with Gasteiger partial charge < -0.3 is 10.6 Å². The Bertz CT molecular complexity index is 1350. The average molecular weight is 588 g/mol. The SMILES string of the molecule is C=C(N)c1nc(C2CN(C(C)=Nc3ccc(CC(C)=O)cc3C)C2)cnc1Cc1cnn(C)c1.CCC.CCCCCC. The van der Waals surface area contributed by atoms with Gasteiger partial charge in [-0.15, -0.1) is 0 Å². The number of carbonyl (C=O) groups is 1. The van der Waals surface area contributed by atoms with Crippen molar-refractivity contribution in [3.05, 3.63) is 77.1 Å². The first-order valence-electron chi connectivity index (χ1n) is 15.7. The lowest BCUT2D eigenvalue weighted by atomic mass is 9.96. The van der Waals surface area contributed by atoms with Gasteiger partial charge in [-0.25, -0.2) is 9.98 Å². The van der Waals surface area contributed by atoms with Crippen molar-refractivity contribution in [3.63, 3.8) is 0 Å². The van der Waals surface area contributed by atoms with Crippen molar-refractivity contribution in [2.24, 2.45) is 17.8 Å². The number of nitrogens with zero attached hydrogens (tertiary/aromatic N) is 6. The van der Waals surface area contributed by atoms with Crippen LogP contribution in [0.5, 0.6) is 0 Å². The van der Waals surface area contributed by atoms with Crippen LogP contribution in [0, 0.1) is 6.92 Å². The van der Waals surface area contributed by atoms with Gasteiger partial charge in [0, 0.05) is 51.3 Å². The number of hydrogen-bond acceptors (Lipinski definition) is 6. The number of carbonyl (C=O) groups excluding carboxylic acids is 1. The van der Waals surface area contributed by atoms with Crippen molar-refractivity contribution in [2.45, 2.75) is 99.3 Å². The van der Waals surface area contributed by atoms with Crippen molar-refractivity contribution in [2.75, 3.05) is 13.1 Å². The van der Waals surface area contributed by atoms with E-state index in [0.29, 0.717) is 24.2 Å². The van der Waals surface area contributed by atoms with Gasteiger partial charge in [0.25, 0.3) is 0 Å². The molecule has 1 aliphatic heterocycles. The maximum Gasteiger partial charge on any atom is 0.134 e. The molecule has 1 saturated heterocycles. The summed E-state index contributed by atoms with van der Waals surface area (Å²) < 4.78 is 1.77. The Balaban J connectivity index is 0.000000630. The van der Waals surface area contributed by atoms with Crippen LogP contribution in [0.3, 0.4) is 0 Å². The number of aryl methyl sites for hydroxylation is 2. The highest BCUT2D eigenvalue weighted by Crippen LogP contribution is 2.29. The van der Waals surface area contributed by atoms with Gasteiger partial charge >= 0.3 is 0 Å². The van der Waals surface area contributed by atoms with Crippen LogP contribution in [0.1, 0.15) is 113 Å². The highest BCUT2D eigenvalue weighted by Gasteiger charge is 2.31. The second-order valence-corrected chi connectivity index (χ2v) is 11.5. The van der Waals surface area contributed by atoms with Crippen LogP contribution < -0.4 is 5.73 Å². The lowest BCUT2D eigenvalue weighted by Crippen LogP contribution is -2.47. The van der Waals surface area contributed by atoms with Gasteiger partial charge in [0.2, 0.25) is 0 Å². The molecule has 2 N–H and O–H groups in total. The smallest absolute Gasteiger partial charge is 0.134 e. The molecule has 1 aromatic carbocycles. The molecule has 2 aromatic heterocycles. The summed E-state index contributed by atoms with van der Waals surface area (Å²) in [5.74, 6) is 1.39. The molecule has 0 spiro atoms. The molecule has 0 aliphatic carbocycles. The first kappa shape index (κ1) is 35.4. The number of aliphatic imine (C=N–C) groups is 1. The van der Waals surface area contributed by atoms with Crippen LogP contribution in [0.4, 0.5) is 5.69 Å². The standard InChI is InChI=1S/C26H31N7O.C6H14.C3H8/c1-16-8-20(9-17(2)34)6-7-23(16)30-19(4)33-14-22(15-33)25-12-28-24(26(31-25)18(3)27)10-21-11-29-32(5)13-21;1-3-5-6-4-2;1-3-2/h6-8,11-13,22H,3,9-10,14-15,27H2,1-2,4-5H3;3-6H2,1-2H3;3H2,1-2H3. The molecule has 8 nitrogen and oxygen atoms in total. The molecule has 0 amide bonds. The van der Waals surface area contributed by atoms with E-state index in [-0.39, 0.29) is 11.7 Å². The van der Waals surface area contributed by atoms with E-state index >= 15 is 0 Å². The van der Waals surface area contributed by atoms with E-state index in [2.05, 4.69) is 49.3 Å². The average Bonchev–Trinajstić information content (AvgIpc) is 3.33. The molecule has 1 aliphatic rings. The minimum absolute atomic E-state index is 0.160. The summed E-state index contributed by atoms with van der Waals surface area (Å²) >= 11 is 0. The Labute approximate surface area is 259 Å². The van der Waals surface area contributed by atoms with Gasteiger partial charge in [-0.2, -0.15) is 5.10 Å². The topological polar surface area (TPSA) is 102 Å². The molecule has 1 fully saturated rings. The van der Waals surface area contributed by atoms with Gasteiger partial charge in [0.15, 0.2) is 0 Å². The van der Waals surface area contributed by atoms with Gasteiger partial charge in [0.1, 0.15) is 17.3 Å². The lowest BCUT2D eigenvalue weighted by molar-refractivity contribution is -0.116. The normalized spacial score (nSPS) is 12.9. The van der Waals surface area contributed by atoms with Gasteiger partial charge in [0.05, 0.1) is 29.0 Å². The number of hydrogen-bond donors (Lipinski definition) is 1. The number of likely N-dealkylation sites (tertiary alicyclic amines) is 1. The number of rotatable bonds is 10. The van der Waals surface area contributed by atoms with E-state index in [1.54, 1.807) is 11.6 Å². The van der Waals surface area contributed by atoms with Crippen molar-refractivity contribution in [1.82, 2.24) is 24.6 Å². The van der Waals surface area contributed by atoms with E-state index in [0.717, 1.165) is 52.7 Å². The highest BCUT2D eigenvalue weighted by molar-refractivity contribution is 5.84. The van der Waals surface area contributed by atoms with Crippen LogP contribution in [-0.4, -0.2) is 49.4 Å². The number of nitrogens with two attached hydrogens (primary N) is 1. The van der Waals surface area contributed by atoms with Gasteiger partial charge in [-0.1, -0.05) is 78.5 Å². The van der Waals surface area contributed by atoms with Crippen molar-refractivity contribution in [3.8, 4) is 0 Å². The van der Waals surface area contributed by atoms with Crippen molar-refractivity contribution >= 4 is 23.0 Å². The van der Waals surface area contributed by atoms with Gasteiger partial charge in [-0.3, -0.25) is 14.5 Å². The Morgan fingerprint density at radius 1 is 1.07 bits per heavy atom. The van der Waals surface area contributed by atoms with Crippen molar-refractivity contribution in [1.29, 1.82) is 0 Å². The van der Waals surface area contributed by atoms with E-state index in [1.165, 1.54) is 32.1 Å². The maximum atomic E-state index is 11.4. The predicted molar refractivity (Wildman–Crippen MR) is 180 cm³/mol. The quantitative estimate of drug-likeness (QED) is 0.151. The molecule has 8 heteroatoms. The number of Topliss-reactive ketones (excluding diaryl/α,β-unsaturated/α-hetero) is 1. The number of ketones is 1. The van der Waals surface area contributed by atoms with Crippen molar-refractivity contribution < 1.29 is 4.79 Å². The molecule has 0 saturated carbocycles. The first-order valence-corrected chi connectivity index (χ1v) is 15.7. The monoisotopic (exact) mass is 587 g/mol. The largest absolute Gasteiger partial charge is 0.397 e. The zero-order valence-corrected chi connectivity index (χ0v) is 27.8. The fourth-order valence-electron chi connectivity index (χ4n) is 4.68. The lowest BCUT2D eigenvalue weighted by Gasteiger charge is -2.40. The molecule has 0 radical (unpaired) electrons. The highest BCUT2D eigenvalue weighted by atomic mass is 16.1. The molecule has 3 heterocycles. The summed E-state index contributed by atoms with van der Waals surface area (Å²) in [5, 5.41) is 4.22. The third-order valence-corrected chi connectivity index (χ3v) is 7.01. The van der Waals surface area contributed by atoms with E-state index in [1.807, 2.05) is 57.7 Å². The zero-order chi connectivity index (χ0) is 31.9. The Morgan fingerprint density at radius 3 is 2.23 bits per heavy atom. The summed E-state index contributed by atoms with van der Waals surface area (Å²) in [6, 6.07) is 6.00. The number of amidine groups is 1. The Morgan fingerprint density at radius 2 is 1.72 bits per heavy atom. The maximum absolute atomic E-state index is 11.4. The number of unbranched alkanes of at least 4 members (excludes halogenated alkanes) is 3. The molecule has 234 valence electrons. The van der Waals surface area contributed by atoms with Crippen LogP contribution in [0.25, 0.3) is 5.70 Å². The van der Waals surface area contributed by atoms with E-state index in [4.69, 9.17) is 15.7 Å². The molecule has 4 rings (SSSR count). The fraction of sp³-hybridized carbons (Fsp3) is 0.514. The Hall–Kier alpha value is -3.81. The van der Waals surface area contributed by atoms with Crippen LogP contribution >= 0.6 is 0 Å². The van der Waals surface area contributed by atoms with Crippen LogP contribution in [0.2, 0.25) is 0 Å². The number of aromatic nitrogens is 4. The van der Waals surface area contributed by atoms with E-state index < -0.39 is 0 Å². The molecule has 0 bridgehead atoms. The Kier molecular flexibility index (Phi) is 14.8. The summed E-state index contributed by atoms with van der Waals surface area (Å²) in [6.07, 6.45) is 13.5. The third-order valence-electron chi connectivity index (χ3n) is 7.01. The fourth-order valence-corrected chi connectivity index (χ4v) is 4.68. The molecule has 0 unspecified atom stereocenters. The zero-order valence-electron chi connectivity index (χ0n) is 27.8. The molecular weight excluding hydrogens is 534 g/mol. The molecule has 43 heavy (non-hydrogen) atoms. The minimum Gasteiger partial charge on any atom is -0.397 e. The molecular formula is C35H53N7O. The third kappa shape index (κ3) is 11.4. The summed E-state index contributed by atoms with van der Waals surface area (Å²) in [7, 11) is 1.89. The minimum atomic E-state index is 0.160. The second kappa shape index (κ2) is 18.0. The summed E-state index contributed by atoms with van der Waals surface area (Å²) in [6.45, 7) is 19.9. The summed E-state index contributed by atoms with van der Waals surface area (Å²) in [5.41, 5.74) is 12.9. The van der Waals surface area contributed by atoms with E-state index in [9.17, 15) is 4.79 Å². The van der Waals surface area contributed by atoms with Gasteiger partial charge in [-0.05, 0) is 43.5 Å². The van der Waals surface area contributed by atoms with Crippen LogP contribution in [-0.2, 0) is 24.7 Å². The summed E-state index contributed by atoms with van der Waals surface area (Å²) in [4.78, 5) is 27.9. The molecule has 0 atom stereocenters. The first-order chi connectivity index (χ1) is 20.5. The second-order valence-electron chi connectivity index (χ2n) is 11.5. The predicted octanol–water partition coefficient (Wildman–Crippen LogP) is 7.32. The van der Waals surface area contributed by atoms with Crippen LogP contribution in [0.15, 0.2) is 48.4 Å².